The molecule has 2 aliphatic rings. The topological polar surface area (TPSA) is 82.9 Å². The van der Waals surface area contributed by atoms with Crippen LogP contribution in [0.2, 0.25) is 0 Å². The summed E-state index contributed by atoms with van der Waals surface area (Å²) in [4.78, 5) is 16.3. The minimum atomic E-state index is -0.568. The summed E-state index contributed by atoms with van der Waals surface area (Å²) in [6.45, 7) is 4.52. The second-order valence-corrected chi connectivity index (χ2v) is 7.47. The Kier molecular flexibility index (Phi) is 7.19. The van der Waals surface area contributed by atoms with Gasteiger partial charge in [0.2, 0.25) is 0 Å². The lowest BCUT2D eigenvalue weighted by atomic mass is 9.77. The molecule has 0 bridgehead atoms. The van der Waals surface area contributed by atoms with Crippen LogP contribution in [0.4, 0.5) is 0 Å². The number of aliphatic hydroxyl groups excluding tert-OH is 1. The molecule has 144 valence electrons. The average molecular weight is 382 g/mol. The van der Waals surface area contributed by atoms with Crippen LogP contribution in [-0.4, -0.2) is 70.6 Å². The Balaban J connectivity index is 1.59. The number of halogens is 1. The van der Waals surface area contributed by atoms with Crippen molar-refractivity contribution in [2.45, 2.75) is 43.6 Å². The molecule has 0 saturated carbocycles. The fraction of sp³-hybridized carbons (Fsp3) is 0.722. The predicted octanol–water partition coefficient (Wildman–Crippen LogP) is 1.51. The lowest BCUT2D eigenvalue weighted by Gasteiger charge is -2.35. The van der Waals surface area contributed by atoms with Crippen molar-refractivity contribution in [2.75, 3.05) is 39.3 Å². The van der Waals surface area contributed by atoms with Crippen molar-refractivity contribution in [1.82, 2.24) is 20.2 Å². The van der Waals surface area contributed by atoms with Crippen LogP contribution in [0.3, 0.4) is 0 Å². The molecule has 2 fully saturated rings. The van der Waals surface area contributed by atoms with Crippen LogP contribution < -0.4 is 5.32 Å². The lowest BCUT2D eigenvalue weighted by molar-refractivity contribution is 0.0154. The second kappa shape index (κ2) is 9.60. The molecule has 0 aliphatic carbocycles. The minimum Gasteiger partial charge on any atom is -0.392 e. The summed E-state index contributed by atoms with van der Waals surface area (Å²) in [6.07, 6.45) is 9.75. The molecule has 0 aromatic carbocycles. The summed E-state index contributed by atoms with van der Waals surface area (Å²) >= 11 is 6.56. The highest BCUT2D eigenvalue weighted by Crippen LogP contribution is 2.35. The molecule has 1 atom stereocenters. The molecule has 8 heteroatoms. The SMILES string of the molecule is OC(CO/N=C(\Cl)C1(c2cnccn2)CCNCC1)CN1CCCCC1. The van der Waals surface area contributed by atoms with Gasteiger partial charge in [-0.15, -0.1) is 0 Å². The number of nitrogens with zero attached hydrogens (tertiary/aromatic N) is 4. The van der Waals surface area contributed by atoms with E-state index in [1.165, 1.54) is 19.3 Å². The monoisotopic (exact) mass is 381 g/mol. The van der Waals surface area contributed by atoms with Gasteiger partial charge in [-0.25, -0.2) is 0 Å². The molecule has 1 aromatic rings. The van der Waals surface area contributed by atoms with Crippen molar-refractivity contribution >= 4 is 16.8 Å². The van der Waals surface area contributed by atoms with Crippen LogP contribution in [0.25, 0.3) is 0 Å². The number of piperidine rings is 2. The van der Waals surface area contributed by atoms with Crippen molar-refractivity contribution in [3.05, 3.63) is 24.3 Å². The van der Waals surface area contributed by atoms with E-state index in [2.05, 4.69) is 25.3 Å². The van der Waals surface area contributed by atoms with Crippen LogP contribution >= 0.6 is 11.6 Å². The van der Waals surface area contributed by atoms with E-state index < -0.39 is 11.5 Å². The van der Waals surface area contributed by atoms with Gasteiger partial charge in [-0.05, 0) is 51.9 Å². The molecule has 3 heterocycles. The van der Waals surface area contributed by atoms with Gasteiger partial charge in [-0.3, -0.25) is 9.97 Å². The molecule has 1 unspecified atom stereocenters. The van der Waals surface area contributed by atoms with Gasteiger partial charge in [-0.2, -0.15) is 0 Å². The zero-order chi connectivity index (χ0) is 18.2. The number of oxime groups is 1. The first-order chi connectivity index (χ1) is 12.7. The van der Waals surface area contributed by atoms with E-state index >= 15 is 0 Å². The fourth-order valence-electron chi connectivity index (χ4n) is 3.73. The number of hydrogen-bond donors (Lipinski definition) is 2. The fourth-order valence-corrected chi connectivity index (χ4v) is 4.06. The summed E-state index contributed by atoms with van der Waals surface area (Å²) in [5.41, 5.74) is 0.339. The Morgan fingerprint density at radius 2 is 2.08 bits per heavy atom. The maximum absolute atomic E-state index is 10.2. The molecule has 2 N–H and O–H groups in total. The Morgan fingerprint density at radius 3 is 2.77 bits per heavy atom. The number of rotatable bonds is 7. The van der Waals surface area contributed by atoms with Crippen LogP contribution in [0, 0.1) is 0 Å². The second-order valence-electron chi connectivity index (χ2n) is 7.12. The average Bonchev–Trinajstić information content (AvgIpc) is 2.70. The largest absolute Gasteiger partial charge is 0.392 e. The number of nitrogens with one attached hydrogen (secondary N) is 1. The van der Waals surface area contributed by atoms with Gasteiger partial charge in [0.1, 0.15) is 12.7 Å². The highest BCUT2D eigenvalue weighted by molar-refractivity contribution is 6.67. The normalized spacial score (nSPS) is 22.8. The smallest absolute Gasteiger partial charge is 0.157 e. The van der Waals surface area contributed by atoms with E-state index in [9.17, 15) is 5.11 Å². The Hall–Kier alpha value is -1.28. The molecule has 0 amide bonds. The van der Waals surface area contributed by atoms with Crippen LogP contribution in [0.15, 0.2) is 23.7 Å². The highest BCUT2D eigenvalue weighted by atomic mass is 35.5. The van der Waals surface area contributed by atoms with E-state index in [4.69, 9.17) is 16.4 Å². The zero-order valence-electron chi connectivity index (χ0n) is 15.1. The first kappa shape index (κ1) is 19.5. The molecular formula is C18H28ClN5O2. The first-order valence-corrected chi connectivity index (χ1v) is 9.82. The number of β-amino-alcohol motifs (C(OH)–C–C–N with tert-alkyl or cyclic N) is 1. The number of likely N-dealkylation sites (tertiary alicyclic amines) is 1. The van der Waals surface area contributed by atoms with Gasteiger partial charge in [0.15, 0.2) is 5.17 Å². The van der Waals surface area contributed by atoms with Crippen molar-refractivity contribution in [3.8, 4) is 0 Å². The van der Waals surface area contributed by atoms with Crippen molar-refractivity contribution < 1.29 is 9.94 Å². The third-order valence-electron chi connectivity index (χ3n) is 5.23. The first-order valence-electron chi connectivity index (χ1n) is 9.44. The molecule has 3 rings (SSSR count). The Labute approximate surface area is 159 Å². The molecule has 1 aromatic heterocycles. The number of aromatic nitrogens is 2. The molecule has 0 spiro atoms. The minimum absolute atomic E-state index is 0.140. The number of aliphatic hydroxyl groups is 1. The Bertz CT molecular complexity index is 574. The summed E-state index contributed by atoms with van der Waals surface area (Å²) in [5.74, 6) is 0. The van der Waals surface area contributed by atoms with Crippen molar-refractivity contribution in [2.24, 2.45) is 5.16 Å². The van der Waals surface area contributed by atoms with E-state index in [0.717, 1.165) is 44.7 Å². The third kappa shape index (κ3) is 4.91. The van der Waals surface area contributed by atoms with Gasteiger partial charge >= 0.3 is 0 Å². The quantitative estimate of drug-likeness (QED) is 0.550. The molecule has 2 saturated heterocycles. The summed E-state index contributed by atoms with van der Waals surface area (Å²) in [6, 6.07) is 0. The van der Waals surface area contributed by atoms with Gasteiger partial charge in [0.05, 0.1) is 11.1 Å². The molecule has 7 nitrogen and oxygen atoms in total. The van der Waals surface area contributed by atoms with E-state index in [1.807, 2.05) is 0 Å². The van der Waals surface area contributed by atoms with Gasteiger partial charge in [0.25, 0.3) is 0 Å². The molecule has 26 heavy (non-hydrogen) atoms. The van der Waals surface area contributed by atoms with Crippen LogP contribution in [0.1, 0.15) is 37.8 Å². The lowest BCUT2D eigenvalue weighted by Crippen LogP contribution is -2.44. The third-order valence-corrected chi connectivity index (χ3v) is 5.67. The standard InChI is InChI=1S/C18H28ClN5O2/c19-17(23-26-14-15(25)13-24-10-2-1-3-11-24)18(4-6-20-7-5-18)16-12-21-8-9-22-16/h8-9,12,15,20,25H,1-7,10-11,13-14H2/b23-17-. The Morgan fingerprint density at radius 1 is 1.31 bits per heavy atom. The van der Waals surface area contributed by atoms with E-state index in [0.29, 0.717) is 11.7 Å². The van der Waals surface area contributed by atoms with Gasteiger partial charge < -0.3 is 20.2 Å². The summed E-state index contributed by atoms with van der Waals surface area (Å²) in [5, 5.41) is 18.0. The zero-order valence-corrected chi connectivity index (χ0v) is 15.9. The van der Waals surface area contributed by atoms with Crippen LogP contribution in [0.5, 0.6) is 0 Å². The van der Waals surface area contributed by atoms with Crippen molar-refractivity contribution in [3.63, 3.8) is 0 Å². The van der Waals surface area contributed by atoms with E-state index in [1.54, 1.807) is 18.6 Å². The summed E-state index contributed by atoms with van der Waals surface area (Å²) in [7, 11) is 0. The van der Waals surface area contributed by atoms with Gasteiger partial charge in [-0.1, -0.05) is 23.2 Å². The summed E-state index contributed by atoms with van der Waals surface area (Å²) < 4.78 is 0. The maximum atomic E-state index is 10.2. The highest BCUT2D eigenvalue weighted by Gasteiger charge is 2.40. The maximum Gasteiger partial charge on any atom is 0.157 e. The van der Waals surface area contributed by atoms with Gasteiger partial charge in [0, 0.05) is 25.1 Å². The molecule has 0 radical (unpaired) electrons. The van der Waals surface area contributed by atoms with Crippen LogP contribution in [-0.2, 0) is 10.3 Å². The predicted molar refractivity (Wildman–Crippen MR) is 101 cm³/mol. The van der Waals surface area contributed by atoms with E-state index in [-0.39, 0.29) is 6.61 Å². The van der Waals surface area contributed by atoms with Crippen molar-refractivity contribution in [1.29, 1.82) is 0 Å². The molecular weight excluding hydrogens is 354 g/mol. The number of hydrogen-bond acceptors (Lipinski definition) is 7. The molecule has 2 aliphatic heterocycles.